The lowest BCUT2D eigenvalue weighted by molar-refractivity contribution is -0.387. The lowest BCUT2D eigenvalue weighted by atomic mass is 10.2. The van der Waals surface area contributed by atoms with Crippen LogP contribution in [0.3, 0.4) is 0 Å². The van der Waals surface area contributed by atoms with Crippen LogP contribution < -0.4 is 5.73 Å². The number of benzene rings is 1. The fourth-order valence-corrected chi connectivity index (χ4v) is 0.931. The lowest BCUT2D eigenvalue weighted by Crippen LogP contribution is -2.06. The summed E-state index contributed by atoms with van der Waals surface area (Å²) in [5.74, 6) is 2.09. The number of hydrogen-bond donors (Lipinski definition) is 1. The Kier molecular flexibility index (Phi) is 2.98. The highest BCUT2D eigenvalue weighted by atomic mass is 19.1. The van der Waals surface area contributed by atoms with Crippen LogP contribution in [0.25, 0.3) is 0 Å². The third kappa shape index (κ3) is 2.51. The molecule has 0 aromatic heterocycles. The Labute approximate surface area is 83.8 Å². The summed E-state index contributed by atoms with van der Waals surface area (Å²) in [5, 5.41) is 10.5. The van der Waals surface area contributed by atoms with Crippen molar-refractivity contribution in [2.45, 2.75) is 0 Å². The van der Waals surface area contributed by atoms with Crippen molar-refractivity contribution in [3.8, 4) is 11.8 Å². The van der Waals surface area contributed by atoms with E-state index in [4.69, 9.17) is 5.73 Å². The number of nitro benzene ring substituents is 1. The van der Waals surface area contributed by atoms with E-state index >= 15 is 0 Å². The first kappa shape index (κ1) is 10.7. The van der Waals surface area contributed by atoms with Crippen LogP contribution in [-0.2, 0) is 4.79 Å². The molecule has 1 aromatic rings. The molecule has 0 heterocycles. The highest BCUT2D eigenvalue weighted by molar-refractivity contribution is 5.92. The Balaban J connectivity index is 3.31. The minimum absolute atomic E-state index is 0.182. The molecule has 0 fully saturated rings. The van der Waals surface area contributed by atoms with Crippen LogP contribution in [0, 0.1) is 27.8 Å². The van der Waals surface area contributed by atoms with Crippen LogP contribution in [0.15, 0.2) is 18.2 Å². The molecule has 1 aromatic carbocycles. The topological polar surface area (TPSA) is 86.2 Å². The summed E-state index contributed by atoms with van der Waals surface area (Å²) in [5.41, 5.74) is 3.79. The number of para-hydroxylation sites is 1. The molecule has 0 aliphatic carbocycles. The first-order chi connectivity index (χ1) is 7.02. The van der Waals surface area contributed by atoms with Crippen molar-refractivity contribution < 1.29 is 14.1 Å². The number of carbonyl (C=O) groups is 1. The molecule has 1 rings (SSSR count). The Hall–Kier alpha value is -2.42. The fraction of sp³-hybridized carbons (Fsp3) is 0. The van der Waals surface area contributed by atoms with Crippen molar-refractivity contribution in [1.82, 2.24) is 0 Å². The first-order valence-corrected chi connectivity index (χ1v) is 3.76. The Morgan fingerprint density at radius 2 is 2.20 bits per heavy atom. The maximum absolute atomic E-state index is 13.0. The van der Waals surface area contributed by atoms with E-state index in [0.29, 0.717) is 0 Å². The van der Waals surface area contributed by atoms with Gasteiger partial charge in [-0.3, -0.25) is 14.9 Å². The second-order valence-electron chi connectivity index (χ2n) is 2.51. The van der Waals surface area contributed by atoms with Crippen LogP contribution in [0.2, 0.25) is 0 Å². The second kappa shape index (κ2) is 4.19. The molecular formula is C9H5FN2O3. The summed E-state index contributed by atoms with van der Waals surface area (Å²) in [6.07, 6.45) is 0. The van der Waals surface area contributed by atoms with Gasteiger partial charge in [0.05, 0.1) is 4.92 Å². The van der Waals surface area contributed by atoms with Crippen LogP contribution in [0.1, 0.15) is 5.56 Å². The molecule has 0 saturated carbocycles. The van der Waals surface area contributed by atoms with Gasteiger partial charge in [-0.05, 0) is 18.1 Å². The predicted molar refractivity (Wildman–Crippen MR) is 49.1 cm³/mol. The molecule has 0 aliphatic rings. The van der Waals surface area contributed by atoms with Gasteiger partial charge in [0, 0.05) is 5.92 Å². The third-order valence-electron chi connectivity index (χ3n) is 1.49. The average Bonchev–Trinajstić information content (AvgIpc) is 2.13. The number of nitrogens with zero attached hydrogens (tertiary/aromatic N) is 1. The van der Waals surface area contributed by atoms with Crippen LogP contribution in [0.5, 0.6) is 0 Å². The van der Waals surface area contributed by atoms with E-state index in [-0.39, 0.29) is 5.56 Å². The zero-order valence-corrected chi connectivity index (χ0v) is 7.36. The molecular weight excluding hydrogens is 203 g/mol. The van der Waals surface area contributed by atoms with Crippen molar-refractivity contribution in [2.24, 2.45) is 5.73 Å². The number of hydrogen-bond acceptors (Lipinski definition) is 3. The SMILES string of the molecule is NC(=O)C#Cc1cccc(F)c1[N+](=O)[O-]. The zero-order valence-electron chi connectivity index (χ0n) is 7.36. The van der Waals surface area contributed by atoms with Gasteiger partial charge in [-0.25, -0.2) is 0 Å². The summed E-state index contributed by atoms with van der Waals surface area (Å²) in [6.45, 7) is 0. The van der Waals surface area contributed by atoms with Gasteiger partial charge in [0.15, 0.2) is 0 Å². The fourth-order valence-electron chi connectivity index (χ4n) is 0.931. The highest BCUT2D eigenvalue weighted by Crippen LogP contribution is 2.20. The third-order valence-corrected chi connectivity index (χ3v) is 1.49. The predicted octanol–water partition coefficient (Wildman–Crippen LogP) is 0.571. The number of primary amides is 1. The van der Waals surface area contributed by atoms with Crippen LogP contribution in [0.4, 0.5) is 10.1 Å². The minimum atomic E-state index is -1.00. The summed E-state index contributed by atoms with van der Waals surface area (Å²) in [7, 11) is 0. The zero-order chi connectivity index (χ0) is 11.4. The van der Waals surface area contributed by atoms with Crippen LogP contribution >= 0.6 is 0 Å². The minimum Gasteiger partial charge on any atom is -0.359 e. The van der Waals surface area contributed by atoms with Gasteiger partial charge in [0.1, 0.15) is 5.56 Å². The lowest BCUT2D eigenvalue weighted by Gasteiger charge is -1.95. The molecule has 1 amide bonds. The van der Waals surface area contributed by atoms with Gasteiger partial charge in [0.25, 0.3) is 5.91 Å². The Bertz CT molecular complexity index is 488. The molecule has 0 saturated heterocycles. The van der Waals surface area contributed by atoms with E-state index < -0.39 is 22.3 Å². The smallest absolute Gasteiger partial charge is 0.320 e. The Morgan fingerprint density at radius 1 is 1.53 bits per heavy atom. The van der Waals surface area contributed by atoms with Gasteiger partial charge >= 0.3 is 5.69 Å². The molecule has 0 bridgehead atoms. The normalized spacial score (nSPS) is 8.87. The number of carbonyl (C=O) groups excluding carboxylic acids is 1. The molecule has 0 spiro atoms. The summed E-state index contributed by atoms with van der Waals surface area (Å²) in [6, 6.07) is 3.43. The molecule has 2 N–H and O–H groups in total. The molecule has 5 nitrogen and oxygen atoms in total. The molecule has 0 atom stereocenters. The van der Waals surface area contributed by atoms with Crippen molar-refractivity contribution in [3.63, 3.8) is 0 Å². The van der Waals surface area contributed by atoms with E-state index in [0.717, 1.165) is 6.07 Å². The summed E-state index contributed by atoms with van der Waals surface area (Å²) >= 11 is 0. The van der Waals surface area contributed by atoms with Crippen molar-refractivity contribution >= 4 is 11.6 Å². The molecule has 15 heavy (non-hydrogen) atoms. The van der Waals surface area contributed by atoms with E-state index in [2.05, 4.69) is 5.92 Å². The van der Waals surface area contributed by atoms with E-state index in [9.17, 15) is 19.3 Å². The number of halogens is 1. The summed E-state index contributed by atoms with van der Waals surface area (Å²) in [4.78, 5) is 19.9. The van der Waals surface area contributed by atoms with Gasteiger partial charge in [0.2, 0.25) is 5.82 Å². The largest absolute Gasteiger partial charge is 0.359 e. The van der Waals surface area contributed by atoms with E-state index in [1.165, 1.54) is 12.1 Å². The average molecular weight is 208 g/mol. The standard InChI is InChI=1S/C9H5FN2O3/c10-7-3-1-2-6(4-5-8(11)13)9(7)12(14)15/h1-3H,(H2,11,13). The first-order valence-electron chi connectivity index (χ1n) is 3.76. The van der Waals surface area contributed by atoms with Gasteiger partial charge < -0.3 is 5.73 Å². The quantitative estimate of drug-likeness (QED) is 0.415. The van der Waals surface area contributed by atoms with E-state index in [1.54, 1.807) is 0 Å². The second-order valence-corrected chi connectivity index (χ2v) is 2.51. The molecule has 6 heteroatoms. The number of nitro groups is 1. The highest BCUT2D eigenvalue weighted by Gasteiger charge is 2.18. The maximum atomic E-state index is 13.0. The number of rotatable bonds is 1. The summed E-state index contributed by atoms with van der Waals surface area (Å²) < 4.78 is 13.0. The van der Waals surface area contributed by atoms with Gasteiger partial charge in [-0.15, -0.1) is 0 Å². The molecule has 76 valence electrons. The molecule has 0 unspecified atom stereocenters. The molecule has 0 radical (unpaired) electrons. The van der Waals surface area contributed by atoms with Crippen molar-refractivity contribution in [2.75, 3.05) is 0 Å². The van der Waals surface area contributed by atoms with E-state index in [1.807, 2.05) is 5.92 Å². The maximum Gasteiger partial charge on any atom is 0.320 e. The number of amides is 1. The number of nitrogens with two attached hydrogens (primary N) is 1. The molecule has 0 aliphatic heterocycles. The van der Waals surface area contributed by atoms with Crippen molar-refractivity contribution in [3.05, 3.63) is 39.7 Å². The van der Waals surface area contributed by atoms with Crippen molar-refractivity contribution in [1.29, 1.82) is 0 Å². The van der Waals surface area contributed by atoms with Crippen LogP contribution in [-0.4, -0.2) is 10.8 Å². The monoisotopic (exact) mass is 208 g/mol. The van der Waals surface area contributed by atoms with Gasteiger partial charge in [-0.1, -0.05) is 6.07 Å². The Morgan fingerprint density at radius 3 is 2.73 bits per heavy atom. The van der Waals surface area contributed by atoms with Gasteiger partial charge in [-0.2, -0.15) is 4.39 Å².